The molecule has 0 spiro atoms. The van der Waals surface area contributed by atoms with Crippen LogP contribution in [0.3, 0.4) is 0 Å². The second kappa shape index (κ2) is 6.19. The maximum absolute atomic E-state index is 13.1. The quantitative estimate of drug-likeness (QED) is 0.340. The fourth-order valence-corrected chi connectivity index (χ4v) is 1.92. The van der Waals surface area contributed by atoms with Crippen molar-refractivity contribution >= 4 is 10.0 Å². The maximum atomic E-state index is 13.1. The van der Waals surface area contributed by atoms with Crippen LogP contribution < -0.4 is 0 Å². The van der Waals surface area contributed by atoms with Crippen molar-refractivity contribution in [1.29, 1.82) is 0 Å². The zero-order valence-electron chi connectivity index (χ0n) is 12.5. The molecule has 0 atom stereocenters. The van der Waals surface area contributed by atoms with Gasteiger partial charge in [0.2, 0.25) is 0 Å². The molecule has 184 valence electrons. The van der Waals surface area contributed by atoms with Gasteiger partial charge in [-0.25, -0.2) is 0 Å². The smallest absolute Gasteiger partial charge is 0.281 e. The summed E-state index contributed by atoms with van der Waals surface area (Å²) in [5.41, 5.74) is 0. The van der Waals surface area contributed by atoms with E-state index in [0.717, 1.165) is 0 Å². The van der Waals surface area contributed by atoms with Crippen LogP contribution in [0.5, 0.6) is 0 Å². The number of alkyl halides is 17. The molecule has 0 aromatic heterocycles. The minimum absolute atomic E-state index is 7.60. The summed E-state index contributed by atoms with van der Waals surface area (Å²) in [6, 6.07) is 0. The van der Waals surface area contributed by atoms with Crippen molar-refractivity contribution in [1.82, 2.24) is 0 Å². The topological polar surface area (TPSA) is 57.5 Å². The van der Waals surface area contributed by atoms with Crippen molar-refractivity contribution in [3.05, 3.63) is 0 Å². The van der Waals surface area contributed by atoms with Crippen LogP contribution in [0.2, 0.25) is 0 Å². The van der Waals surface area contributed by atoms with Crippen molar-refractivity contribution in [3.8, 4) is 0 Å². The van der Waals surface area contributed by atoms with Gasteiger partial charge in [0.05, 0.1) is 0 Å². The van der Waals surface area contributed by atoms with E-state index >= 15 is 0 Å². The van der Waals surface area contributed by atoms with E-state index in [9.17, 15) is 82.7 Å². The summed E-state index contributed by atoms with van der Waals surface area (Å²) < 4.78 is 253. The second-order valence-electron chi connectivity index (χ2n) is 5.24. The highest BCUT2D eigenvalue weighted by Gasteiger charge is 2.97. The maximum Gasteiger partial charge on any atom is 0.460 e. The number of rotatable bonds is 7. The Morgan fingerprint density at radius 3 is 0.833 bits per heavy atom. The Hall–Kier alpha value is -1.19. The zero-order chi connectivity index (χ0) is 25.4. The van der Waals surface area contributed by atoms with Gasteiger partial charge in [0.1, 0.15) is 0 Å². The lowest BCUT2D eigenvalue weighted by Gasteiger charge is -2.44. The van der Waals surface area contributed by atoms with Gasteiger partial charge in [-0.2, -0.15) is 78.8 Å². The first-order chi connectivity index (χ1) is 12.3. The molecule has 0 aliphatic carbocycles. The van der Waals surface area contributed by atoms with E-state index in [1.165, 1.54) is 0 Å². The van der Waals surface area contributed by atoms with Gasteiger partial charge in [-0.05, 0) is 0 Å². The summed E-state index contributed by atoms with van der Waals surface area (Å²) in [4.78, 5) is 0. The van der Waals surface area contributed by atoms with E-state index in [4.69, 9.17) is 9.11 Å². The van der Waals surface area contributed by atoms with Gasteiger partial charge in [-0.1, -0.05) is 0 Å². The highest BCUT2D eigenvalue weighted by Crippen LogP contribution is 2.65. The molecule has 0 aromatic rings. The first-order valence-electron chi connectivity index (χ1n) is 5.85. The van der Waals surface area contributed by atoms with Crippen molar-refractivity contribution < 1.29 is 91.8 Å². The number of hydrogen-bond acceptors (Lipinski definition) is 1. The Morgan fingerprint density at radius 1 is 0.433 bits per heavy atom. The number of hydrogen-bond donors (Lipinski definition) is 2. The predicted molar refractivity (Wildman–Crippen MR) is 55.2 cm³/mol. The highest BCUT2D eigenvalue weighted by molar-refractivity contribution is 8.06. The Kier molecular flexibility index (Phi) is 5.95. The van der Waals surface area contributed by atoms with Crippen LogP contribution in [0.25, 0.3) is 0 Å². The van der Waals surface area contributed by atoms with Crippen molar-refractivity contribution in [2.75, 3.05) is 0 Å². The largest absolute Gasteiger partial charge is 0.460 e. The van der Waals surface area contributed by atoms with Crippen LogP contribution in [-0.4, -0.2) is 60.3 Å². The lowest BCUT2D eigenvalue weighted by molar-refractivity contribution is -0.458. The molecule has 22 heteroatoms. The van der Waals surface area contributed by atoms with Crippen LogP contribution in [-0.2, 0) is 10.0 Å². The molecular formula is C8H2F18O3S. The first-order valence-corrected chi connectivity index (χ1v) is 7.63. The van der Waals surface area contributed by atoms with E-state index in [2.05, 4.69) is 0 Å². The molecule has 0 unspecified atom stereocenters. The first kappa shape index (κ1) is 28.8. The van der Waals surface area contributed by atoms with Gasteiger partial charge in [0.25, 0.3) is 10.0 Å². The van der Waals surface area contributed by atoms with Gasteiger partial charge < -0.3 is 0 Å². The minimum Gasteiger partial charge on any atom is -0.281 e. The third-order valence-electron chi connectivity index (χ3n) is 3.12. The molecule has 0 aliphatic heterocycles. The fourth-order valence-electron chi connectivity index (χ4n) is 1.36. The third kappa shape index (κ3) is 3.28. The molecule has 0 aromatic carbocycles. The molecule has 0 amide bonds. The molecular weight excluding hydrogens is 518 g/mol. The standard InChI is InChI=1S/C8H2F18O3S/c9-1(10,3(13,14)5(17,18)7(21,22)23)2(11,12)4(15,16)6(19,20)8(24,25)30(26,27,28)29/h(H2,27,28,29). The van der Waals surface area contributed by atoms with E-state index in [1.807, 2.05) is 0 Å². The summed E-state index contributed by atoms with van der Waals surface area (Å²) >= 11 is 0. The fraction of sp³-hybridized carbons (Fsp3) is 1.00. The van der Waals surface area contributed by atoms with Crippen LogP contribution in [0.15, 0.2) is 0 Å². The Balaban J connectivity index is 6.98. The molecule has 0 bridgehead atoms. The number of halogens is 18. The Bertz CT molecular complexity index is 732. The average Bonchev–Trinajstić information content (AvgIpc) is 2.42. The Morgan fingerprint density at radius 2 is 0.633 bits per heavy atom. The molecule has 0 rings (SSSR count). The third-order valence-corrected chi connectivity index (χ3v) is 4.24. The van der Waals surface area contributed by atoms with Gasteiger partial charge in [-0.15, -0.1) is 3.89 Å². The van der Waals surface area contributed by atoms with E-state index in [1.54, 1.807) is 0 Å². The summed E-state index contributed by atoms with van der Waals surface area (Å²) in [7, 11) is -9.99. The summed E-state index contributed by atoms with van der Waals surface area (Å²) in [5, 5.41) is -8.44. The molecule has 0 fully saturated rings. The monoisotopic (exact) mass is 520 g/mol. The lowest BCUT2D eigenvalue weighted by atomic mass is 9.91. The Labute approximate surface area is 150 Å². The molecule has 0 saturated heterocycles. The predicted octanol–water partition coefficient (Wildman–Crippen LogP) is 5.60. The van der Waals surface area contributed by atoms with Crippen LogP contribution in [0, 0.1) is 0 Å². The van der Waals surface area contributed by atoms with E-state index in [0.29, 0.717) is 0 Å². The molecule has 2 N–H and O–H groups in total. The van der Waals surface area contributed by atoms with Crippen LogP contribution in [0.4, 0.5) is 78.5 Å². The van der Waals surface area contributed by atoms with Gasteiger partial charge in [-0.3, -0.25) is 9.11 Å². The van der Waals surface area contributed by atoms with Crippen molar-refractivity contribution in [2.45, 2.75) is 47.0 Å². The van der Waals surface area contributed by atoms with E-state index in [-0.39, 0.29) is 0 Å². The molecule has 0 heterocycles. The lowest BCUT2D eigenvalue weighted by Crippen LogP contribution is -2.76. The van der Waals surface area contributed by atoms with Crippen molar-refractivity contribution in [2.24, 2.45) is 0 Å². The van der Waals surface area contributed by atoms with Crippen LogP contribution >= 0.6 is 0 Å². The molecule has 3 nitrogen and oxygen atoms in total. The van der Waals surface area contributed by atoms with Gasteiger partial charge in [0, 0.05) is 0 Å². The summed E-state index contributed by atoms with van der Waals surface area (Å²) in [6.45, 7) is 0. The zero-order valence-corrected chi connectivity index (χ0v) is 13.3. The molecule has 0 radical (unpaired) electrons. The second-order valence-corrected chi connectivity index (χ2v) is 7.30. The molecule has 30 heavy (non-hydrogen) atoms. The van der Waals surface area contributed by atoms with Crippen molar-refractivity contribution in [3.63, 3.8) is 0 Å². The SMILES string of the molecule is O=S(O)(O)(F)C(F)(F)C(F)(F)C(F)(F)C(F)(F)C(F)(F)C(F)(F)C(F)(F)C(F)(F)F. The molecule has 0 aliphatic rings. The van der Waals surface area contributed by atoms with Gasteiger partial charge >= 0.3 is 47.0 Å². The van der Waals surface area contributed by atoms with E-state index < -0.39 is 57.0 Å². The highest BCUT2D eigenvalue weighted by atomic mass is 32.3. The summed E-state index contributed by atoms with van der Waals surface area (Å²) in [5.74, 6) is -52.9. The minimum atomic E-state index is -9.99. The normalized spacial score (nSPS) is 18.2. The average molecular weight is 520 g/mol. The summed E-state index contributed by atoms with van der Waals surface area (Å²) in [6.07, 6.45) is -7.94. The molecule has 0 saturated carbocycles. The van der Waals surface area contributed by atoms with Gasteiger partial charge in [0.15, 0.2) is 0 Å². The van der Waals surface area contributed by atoms with Crippen LogP contribution in [0.1, 0.15) is 0 Å².